The SMILES string of the molecule is COc1ccc(CNc2ccnc(NCC3CCCO3)n2)cc1OC. The van der Waals surface area contributed by atoms with Crippen molar-refractivity contribution in [2.75, 3.05) is 38.0 Å². The third-order valence-electron chi connectivity index (χ3n) is 4.09. The summed E-state index contributed by atoms with van der Waals surface area (Å²) in [4.78, 5) is 8.73. The Bertz CT molecular complexity index is 690. The number of anilines is 2. The molecule has 1 unspecified atom stereocenters. The summed E-state index contributed by atoms with van der Waals surface area (Å²) >= 11 is 0. The summed E-state index contributed by atoms with van der Waals surface area (Å²) in [6, 6.07) is 7.68. The molecule has 1 saturated heterocycles. The van der Waals surface area contributed by atoms with E-state index in [0.29, 0.717) is 24.0 Å². The van der Waals surface area contributed by atoms with Gasteiger partial charge in [-0.05, 0) is 36.6 Å². The average molecular weight is 344 g/mol. The van der Waals surface area contributed by atoms with E-state index in [1.54, 1.807) is 20.4 Å². The van der Waals surface area contributed by atoms with E-state index < -0.39 is 0 Å². The van der Waals surface area contributed by atoms with Crippen molar-refractivity contribution in [3.63, 3.8) is 0 Å². The summed E-state index contributed by atoms with van der Waals surface area (Å²) in [5.74, 6) is 2.80. The van der Waals surface area contributed by atoms with Crippen LogP contribution >= 0.6 is 0 Å². The number of benzene rings is 1. The van der Waals surface area contributed by atoms with Crippen molar-refractivity contribution in [1.82, 2.24) is 9.97 Å². The maximum atomic E-state index is 5.60. The number of aromatic nitrogens is 2. The number of ether oxygens (including phenoxy) is 3. The molecule has 0 aliphatic carbocycles. The van der Waals surface area contributed by atoms with Gasteiger partial charge in [0.25, 0.3) is 0 Å². The van der Waals surface area contributed by atoms with Crippen LogP contribution in [0.25, 0.3) is 0 Å². The van der Waals surface area contributed by atoms with Crippen molar-refractivity contribution >= 4 is 11.8 Å². The zero-order valence-corrected chi connectivity index (χ0v) is 14.6. The van der Waals surface area contributed by atoms with Crippen LogP contribution in [0.3, 0.4) is 0 Å². The fourth-order valence-electron chi connectivity index (χ4n) is 2.74. The molecule has 0 saturated carbocycles. The highest BCUT2D eigenvalue weighted by atomic mass is 16.5. The lowest BCUT2D eigenvalue weighted by Gasteiger charge is -2.12. The highest BCUT2D eigenvalue weighted by Gasteiger charge is 2.15. The van der Waals surface area contributed by atoms with E-state index in [1.165, 1.54) is 0 Å². The molecule has 1 atom stereocenters. The van der Waals surface area contributed by atoms with Crippen molar-refractivity contribution in [3.8, 4) is 11.5 Å². The van der Waals surface area contributed by atoms with Crippen LogP contribution < -0.4 is 20.1 Å². The molecule has 25 heavy (non-hydrogen) atoms. The monoisotopic (exact) mass is 344 g/mol. The molecule has 2 heterocycles. The predicted molar refractivity (Wildman–Crippen MR) is 96.4 cm³/mol. The maximum absolute atomic E-state index is 5.60. The third kappa shape index (κ3) is 4.73. The molecular weight excluding hydrogens is 320 g/mol. The number of hydrogen-bond acceptors (Lipinski definition) is 7. The molecule has 3 rings (SSSR count). The van der Waals surface area contributed by atoms with Crippen LogP contribution in [0, 0.1) is 0 Å². The van der Waals surface area contributed by atoms with Crippen molar-refractivity contribution in [2.24, 2.45) is 0 Å². The summed E-state index contributed by atoms with van der Waals surface area (Å²) in [6.07, 6.45) is 4.21. The zero-order valence-electron chi connectivity index (χ0n) is 14.6. The highest BCUT2D eigenvalue weighted by molar-refractivity contribution is 5.45. The van der Waals surface area contributed by atoms with Crippen LogP contribution in [0.15, 0.2) is 30.5 Å². The second-order valence-corrected chi connectivity index (χ2v) is 5.82. The number of rotatable bonds is 8. The summed E-state index contributed by atoms with van der Waals surface area (Å²) in [6.45, 7) is 2.21. The lowest BCUT2D eigenvalue weighted by Crippen LogP contribution is -2.19. The molecule has 1 aromatic carbocycles. The lowest BCUT2D eigenvalue weighted by molar-refractivity contribution is 0.120. The Morgan fingerprint density at radius 1 is 1.16 bits per heavy atom. The van der Waals surface area contributed by atoms with Crippen LogP contribution in [0.1, 0.15) is 18.4 Å². The molecule has 1 aliphatic rings. The Labute approximate surface area is 147 Å². The third-order valence-corrected chi connectivity index (χ3v) is 4.09. The smallest absolute Gasteiger partial charge is 0.224 e. The Morgan fingerprint density at radius 2 is 2.04 bits per heavy atom. The molecule has 7 heteroatoms. The van der Waals surface area contributed by atoms with E-state index >= 15 is 0 Å². The number of nitrogens with one attached hydrogen (secondary N) is 2. The second-order valence-electron chi connectivity index (χ2n) is 5.82. The van der Waals surface area contributed by atoms with Gasteiger partial charge in [-0.2, -0.15) is 4.98 Å². The zero-order chi connectivity index (χ0) is 17.5. The van der Waals surface area contributed by atoms with Crippen molar-refractivity contribution in [3.05, 3.63) is 36.0 Å². The largest absolute Gasteiger partial charge is 0.493 e. The van der Waals surface area contributed by atoms with Gasteiger partial charge in [-0.25, -0.2) is 4.98 Å². The number of hydrogen-bond donors (Lipinski definition) is 2. The first-order valence-electron chi connectivity index (χ1n) is 8.42. The van der Waals surface area contributed by atoms with Crippen LogP contribution in [0.5, 0.6) is 11.5 Å². The normalized spacial score (nSPS) is 16.5. The molecule has 7 nitrogen and oxygen atoms in total. The van der Waals surface area contributed by atoms with Gasteiger partial charge >= 0.3 is 0 Å². The van der Waals surface area contributed by atoms with Gasteiger partial charge < -0.3 is 24.8 Å². The summed E-state index contributed by atoms with van der Waals surface area (Å²) in [7, 11) is 3.26. The van der Waals surface area contributed by atoms with Crippen LogP contribution in [0.2, 0.25) is 0 Å². The molecule has 1 fully saturated rings. The molecule has 2 aromatic rings. The van der Waals surface area contributed by atoms with E-state index in [0.717, 1.165) is 37.4 Å². The lowest BCUT2D eigenvalue weighted by atomic mass is 10.2. The minimum Gasteiger partial charge on any atom is -0.493 e. The van der Waals surface area contributed by atoms with E-state index in [2.05, 4.69) is 20.6 Å². The molecule has 0 bridgehead atoms. The summed E-state index contributed by atoms with van der Waals surface area (Å²) in [5, 5.41) is 6.53. The van der Waals surface area contributed by atoms with E-state index in [9.17, 15) is 0 Å². The van der Waals surface area contributed by atoms with Gasteiger partial charge in [0.2, 0.25) is 5.95 Å². The highest BCUT2D eigenvalue weighted by Crippen LogP contribution is 2.27. The fraction of sp³-hybridized carbons (Fsp3) is 0.444. The Hall–Kier alpha value is -2.54. The number of methoxy groups -OCH3 is 2. The van der Waals surface area contributed by atoms with E-state index in [1.807, 2.05) is 24.3 Å². The van der Waals surface area contributed by atoms with Crippen molar-refractivity contribution in [1.29, 1.82) is 0 Å². The molecular formula is C18H24N4O3. The Balaban J connectivity index is 1.56. The van der Waals surface area contributed by atoms with E-state index in [-0.39, 0.29) is 6.10 Å². The molecule has 0 amide bonds. The topological polar surface area (TPSA) is 77.5 Å². The molecule has 1 aromatic heterocycles. The minimum absolute atomic E-state index is 0.256. The Kier molecular flexibility index (Phi) is 5.90. The van der Waals surface area contributed by atoms with Crippen molar-refractivity contribution < 1.29 is 14.2 Å². The van der Waals surface area contributed by atoms with Gasteiger partial charge in [-0.3, -0.25) is 0 Å². The molecule has 0 spiro atoms. The number of nitrogens with zero attached hydrogens (tertiary/aromatic N) is 2. The molecule has 0 radical (unpaired) electrons. The fourth-order valence-corrected chi connectivity index (χ4v) is 2.74. The van der Waals surface area contributed by atoms with E-state index in [4.69, 9.17) is 14.2 Å². The maximum Gasteiger partial charge on any atom is 0.224 e. The van der Waals surface area contributed by atoms with Crippen molar-refractivity contribution in [2.45, 2.75) is 25.5 Å². The van der Waals surface area contributed by atoms with Gasteiger partial charge in [0, 0.05) is 25.9 Å². The minimum atomic E-state index is 0.256. The molecule has 2 N–H and O–H groups in total. The van der Waals surface area contributed by atoms with Crippen LogP contribution in [-0.4, -0.2) is 43.4 Å². The average Bonchev–Trinajstić information content (AvgIpc) is 3.18. The summed E-state index contributed by atoms with van der Waals surface area (Å²) < 4.78 is 16.2. The first kappa shape index (κ1) is 17.3. The van der Waals surface area contributed by atoms with Gasteiger partial charge in [0.15, 0.2) is 11.5 Å². The molecule has 134 valence electrons. The van der Waals surface area contributed by atoms with Gasteiger partial charge in [0.05, 0.1) is 20.3 Å². The predicted octanol–water partition coefficient (Wildman–Crippen LogP) is 2.70. The van der Waals surface area contributed by atoms with Gasteiger partial charge in [-0.1, -0.05) is 6.07 Å². The van der Waals surface area contributed by atoms with Crippen LogP contribution in [-0.2, 0) is 11.3 Å². The first-order chi connectivity index (χ1) is 12.3. The Morgan fingerprint density at radius 3 is 2.80 bits per heavy atom. The first-order valence-corrected chi connectivity index (χ1v) is 8.42. The second kappa shape index (κ2) is 8.53. The van der Waals surface area contributed by atoms with Gasteiger partial charge in [0.1, 0.15) is 5.82 Å². The molecule has 1 aliphatic heterocycles. The van der Waals surface area contributed by atoms with Gasteiger partial charge in [-0.15, -0.1) is 0 Å². The summed E-state index contributed by atoms with van der Waals surface area (Å²) in [5.41, 5.74) is 1.07. The quantitative estimate of drug-likeness (QED) is 0.762. The standard InChI is InChI=1S/C18H24N4O3/c1-23-15-6-5-13(10-16(15)24-2)11-20-17-7-8-19-18(22-17)21-12-14-4-3-9-25-14/h5-8,10,14H,3-4,9,11-12H2,1-2H3,(H2,19,20,21,22). The van der Waals surface area contributed by atoms with Crippen LogP contribution in [0.4, 0.5) is 11.8 Å².